The molecule has 0 spiro atoms. The quantitative estimate of drug-likeness (QED) is 0.649. The zero-order valence-electron chi connectivity index (χ0n) is 18.6. The lowest BCUT2D eigenvalue weighted by Gasteiger charge is -2.41. The van der Waals surface area contributed by atoms with Gasteiger partial charge in [-0.1, -0.05) is 37.8 Å². The molecule has 5 rings (SSSR count). The van der Waals surface area contributed by atoms with Gasteiger partial charge in [-0.15, -0.1) is 11.3 Å². The van der Waals surface area contributed by atoms with Crippen molar-refractivity contribution in [1.29, 1.82) is 0 Å². The number of carbonyl (C=O) groups is 1. The lowest BCUT2D eigenvalue weighted by molar-refractivity contribution is -0.138. The topological polar surface area (TPSA) is 70.6 Å². The SMILES string of the molecule is O=C(CN1CCCC[C@@H]1c1nc2ccccc2s1)N(C1CCCCC1)[C@@H]1CCS(=O)(=O)C1. The summed E-state index contributed by atoms with van der Waals surface area (Å²) < 4.78 is 25.6. The summed E-state index contributed by atoms with van der Waals surface area (Å²) in [5.41, 5.74) is 1.03. The summed E-state index contributed by atoms with van der Waals surface area (Å²) in [6.07, 6.45) is 9.34. The average molecular weight is 476 g/mol. The molecule has 1 saturated carbocycles. The van der Waals surface area contributed by atoms with E-state index < -0.39 is 9.84 Å². The van der Waals surface area contributed by atoms with Gasteiger partial charge in [-0.05, 0) is 50.8 Å². The van der Waals surface area contributed by atoms with E-state index in [9.17, 15) is 13.2 Å². The number of rotatable bonds is 5. The van der Waals surface area contributed by atoms with E-state index in [0.29, 0.717) is 13.0 Å². The first-order chi connectivity index (χ1) is 15.5. The summed E-state index contributed by atoms with van der Waals surface area (Å²) in [4.78, 5) is 22.9. The fourth-order valence-electron chi connectivity index (χ4n) is 5.81. The lowest BCUT2D eigenvalue weighted by Crippen LogP contribution is -2.52. The third-order valence-electron chi connectivity index (χ3n) is 7.41. The maximum absolute atomic E-state index is 13.7. The Morgan fingerprint density at radius 3 is 2.56 bits per heavy atom. The number of amides is 1. The Hall–Kier alpha value is -1.51. The summed E-state index contributed by atoms with van der Waals surface area (Å²) in [5, 5.41) is 1.10. The molecule has 6 nitrogen and oxygen atoms in total. The number of benzene rings is 1. The average Bonchev–Trinajstić information content (AvgIpc) is 3.38. The van der Waals surface area contributed by atoms with E-state index >= 15 is 0 Å². The lowest BCUT2D eigenvalue weighted by atomic mass is 9.92. The number of piperidine rings is 1. The molecule has 0 unspecified atom stereocenters. The molecule has 2 aliphatic heterocycles. The van der Waals surface area contributed by atoms with Gasteiger partial charge in [0.1, 0.15) is 5.01 Å². The van der Waals surface area contributed by atoms with Crippen LogP contribution in [0.4, 0.5) is 0 Å². The standard InChI is InChI=1S/C24H33N3O3S2/c28-23(27(18-8-2-1-3-9-18)19-13-15-32(29,30)17-19)16-26-14-7-6-11-21(26)24-25-20-10-4-5-12-22(20)31-24/h4-5,10,12,18-19,21H,1-3,6-9,11,13-17H2/t19-,21-/m1/s1. The monoisotopic (exact) mass is 475 g/mol. The molecular weight excluding hydrogens is 442 g/mol. The second kappa shape index (κ2) is 9.39. The fourth-order valence-corrected chi connectivity index (χ4v) is 8.66. The fraction of sp³-hybridized carbons (Fsp3) is 0.667. The predicted octanol–water partition coefficient (Wildman–Crippen LogP) is 4.17. The van der Waals surface area contributed by atoms with Gasteiger partial charge in [0.05, 0.1) is 34.3 Å². The van der Waals surface area contributed by atoms with Gasteiger partial charge in [-0.2, -0.15) is 0 Å². The number of thiazole rings is 1. The first kappa shape index (κ1) is 22.3. The van der Waals surface area contributed by atoms with Gasteiger partial charge < -0.3 is 4.90 Å². The maximum atomic E-state index is 13.7. The van der Waals surface area contributed by atoms with Crippen molar-refractivity contribution < 1.29 is 13.2 Å². The Kier molecular flexibility index (Phi) is 6.54. The zero-order chi connectivity index (χ0) is 22.1. The van der Waals surface area contributed by atoms with Crippen LogP contribution in [0.2, 0.25) is 0 Å². The van der Waals surface area contributed by atoms with Crippen molar-refractivity contribution in [3.8, 4) is 0 Å². The number of aromatic nitrogens is 1. The van der Waals surface area contributed by atoms with Crippen LogP contribution in [0.15, 0.2) is 24.3 Å². The van der Waals surface area contributed by atoms with Gasteiger partial charge in [0, 0.05) is 12.1 Å². The van der Waals surface area contributed by atoms with Crippen LogP contribution in [0.3, 0.4) is 0 Å². The minimum atomic E-state index is -3.03. The summed E-state index contributed by atoms with van der Waals surface area (Å²) in [6, 6.07) is 8.45. The Labute approximate surface area is 194 Å². The molecule has 1 aromatic heterocycles. The molecule has 2 aromatic rings. The van der Waals surface area contributed by atoms with E-state index in [1.165, 1.54) is 11.1 Å². The van der Waals surface area contributed by atoms with Gasteiger partial charge in [-0.25, -0.2) is 13.4 Å². The van der Waals surface area contributed by atoms with Gasteiger partial charge in [0.25, 0.3) is 0 Å². The van der Waals surface area contributed by atoms with Crippen LogP contribution in [0, 0.1) is 0 Å². The number of hydrogen-bond acceptors (Lipinski definition) is 6. The summed E-state index contributed by atoms with van der Waals surface area (Å²) in [5.74, 6) is 0.468. The van der Waals surface area contributed by atoms with E-state index in [2.05, 4.69) is 17.0 Å². The number of hydrogen-bond donors (Lipinski definition) is 0. The van der Waals surface area contributed by atoms with Crippen LogP contribution in [0.25, 0.3) is 10.2 Å². The number of fused-ring (bicyclic) bond motifs is 1. The molecule has 3 fully saturated rings. The smallest absolute Gasteiger partial charge is 0.237 e. The molecule has 174 valence electrons. The van der Waals surface area contributed by atoms with Crippen LogP contribution in [-0.2, 0) is 14.6 Å². The molecule has 1 aromatic carbocycles. The van der Waals surface area contributed by atoms with E-state index in [4.69, 9.17) is 4.98 Å². The Morgan fingerprint density at radius 2 is 1.81 bits per heavy atom. The van der Waals surface area contributed by atoms with Crippen molar-refractivity contribution in [3.05, 3.63) is 29.3 Å². The van der Waals surface area contributed by atoms with Crippen molar-refractivity contribution >= 4 is 37.3 Å². The summed E-state index contributed by atoms with van der Waals surface area (Å²) >= 11 is 1.74. The molecule has 0 radical (unpaired) electrons. The number of para-hydroxylation sites is 1. The molecule has 2 saturated heterocycles. The van der Waals surface area contributed by atoms with Crippen LogP contribution in [0.1, 0.15) is 68.8 Å². The van der Waals surface area contributed by atoms with Crippen LogP contribution < -0.4 is 0 Å². The normalized spacial score (nSPS) is 27.0. The van der Waals surface area contributed by atoms with E-state index in [0.717, 1.165) is 62.0 Å². The van der Waals surface area contributed by atoms with Crippen LogP contribution in [-0.4, -0.2) is 65.8 Å². The molecule has 8 heteroatoms. The van der Waals surface area contributed by atoms with E-state index in [-0.39, 0.29) is 35.5 Å². The van der Waals surface area contributed by atoms with Crippen molar-refractivity contribution in [2.75, 3.05) is 24.6 Å². The number of likely N-dealkylation sites (tertiary alicyclic amines) is 1. The minimum absolute atomic E-state index is 0.118. The molecule has 1 aliphatic carbocycles. The third-order valence-corrected chi connectivity index (χ3v) is 10.3. The Bertz CT molecular complexity index is 1030. The molecule has 1 amide bonds. The van der Waals surface area contributed by atoms with Crippen molar-refractivity contribution in [1.82, 2.24) is 14.8 Å². The van der Waals surface area contributed by atoms with Crippen LogP contribution >= 0.6 is 11.3 Å². The first-order valence-electron chi connectivity index (χ1n) is 12.1. The molecule has 0 bridgehead atoms. The zero-order valence-corrected chi connectivity index (χ0v) is 20.2. The maximum Gasteiger partial charge on any atom is 0.237 e. The Balaban J connectivity index is 1.37. The molecular formula is C24H33N3O3S2. The highest BCUT2D eigenvalue weighted by molar-refractivity contribution is 7.91. The van der Waals surface area contributed by atoms with Crippen LogP contribution in [0.5, 0.6) is 0 Å². The third kappa shape index (κ3) is 4.73. The molecule has 32 heavy (non-hydrogen) atoms. The number of nitrogens with zero attached hydrogens (tertiary/aromatic N) is 3. The minimum Gasteiger partial charge on any atom is -0.335 e. The first-order valence-corrected chi connectivity index (χ1v) is 14.7. The molecule has 3 heterocycles. The molecule has 0 N–H and O–H groups in total. The van der Waals surface area contributed by atoms with Crippen molar-refractivity contribution in [2.24, 2.45) is 0 Å². The second-order valence-corrected chi connectivity index (χ2v) is 12.9. The Morgan fingerprint density at radius 1 is 1.03 bits per heavy atom. The predicted molar refractivity (Wildman–Crippen MR) is 129 cm³/mol. The van der Waals surface area contributed by atoms with E-state index in [1.54, 1.807) is 11.3 Å². The van der Waals surface area contributed by atoms with Gasteiger partial charge in [-0.3, -0.25) is 9.69 Å². The largest absolute Gasteiger partial charge is 0.335 e. The van der Waals surface area contributed by atoms with Crippen molar-refractivity contribution in [2.45, 2.75) is 75.9 Å². The van der Waals surface area contributed by atoms with Gasteiger partial charge in [0.15, 0.2) is 9.84 Å². The molecule has 2 atom stereocenters. The van der Waals surface area contributed by atoms with Gasteiger partial charge in [0.2, 0.25) is 5.91 Å². The molecule has 3 aliphatic rings. The second-order valence-electron chi connectivity index (χ2n) is 9.65. The van der Waals surface area contributed by atoms with Gasteiger partial charge >= 0.3 is 0 Å². The highest BCUT2D eigenvalue weighted by Gasteiger charge is 2.39. The highest BCUT2D eigenvalue weighted by Crippen LogP contribution is 2.36. The van der Waals surface area contributed by atoms with Crippen molar-refractivity contribution in [3.63, 3.8) is 0 Å². The number of carbonyl (C=O) groups excluding carboxylic acids is 1. The highest BCUT2D eigenvalue weighted by atomic mass is 32.2. The number of sulfone groups is 1. The summed E-state index contributed by atoms with van der Waals surface area (Å²) in [7, 11) is -3.03. The van der Waals surface area contributed by atoms with E-state index in [1.807, 2.05) is 17.0 Å². The summed E-state index contributed by atoms with van der Waals surface area (Å²) in [6.45, 7) is 1.27.